The second-order valence-corrected chi connectivity index (χ2v) is 13.5. The third-order valence-corrected chi connectivity index (χ3v) is 9.95. The molecule has 4 rings (SSSR count). The summed E-state index contributed by atoms with van der Waals surface area (Å²) in [6.45, 7) is 1.46. The van der Waals surface area contributed by atoms with Crippen molar-refractivity contribution in [3.63, 3.8) is 0 Å². The Morgan fingerprint density at radius 1 is 0.837 bits per heavy atom. The molecule has 0 spiro atoms. The Morgan fingerprint density at radius 3 is 2.00 bits per heavy atom. The van der Waals surface area contributed by atoms with E-state index in [0.717, 1.165) is 13.4 Å². The topological polar surface area (TPSA) is 86.8 Å². The van der Waals surface area contributed by atoms with Crippen LogP contribution in [0, 0.1) is 3.57 Å². The first-order chi connectivity index (χ1) is 20.6. The summed E-state index contributed by atoms with van der Waals surface area (Å²) in [5.74, 6) is -0.976. The maximum absolute atomic E-state index is 14.4. The van der Waals surface area contributed by atoms with E-state index in [9.17, 15) is 18.0 Å². The van der Waals surface area contributed by atoms with E-state index in [0.29, 0.717) is 27.8 Å². The maximum Gasteiger partial charge on any atom is 0.264 e. The first-order valence-electron chi connectivity index (χ1n) is 13.5. The summed E-state index contributed by atoms with van der Waals surface area (Å²) >= 11 is 15.2. The maximum atomic E-state index is 14.4. The van der Waals surface area contributed by atoms with Crippen molar-refractivity contribution in [2.45, 2.75) is 30.8 Å². The smallest absolute Gasteiger partial charge is 0.264 e. The summed E-state index contributed by atoms with van der Waals surface area (Å²) in [6.07, 6.45) is 0.190. The van der Waals surface area contributed by atoms with Gasteiger partial charge in [0.25, 0.3) is 10.0 Å². The fourth-order valence-corrected chi connectivity index (χ4v) is 6.87. The van der Waals surface area contributed by atoms with Crippen LogP contribution in [-0.2, 0) is 32.6 Å². The van der Waals surface area contributed by atoms with Gasteiger partial charge < -0.3 is 10.2 Å². The van der Waals surface area contributed by atoms with Crippen molar-refractivity contribution in [1.82, 2.24) is 10.2 Å². The first kappa shape index (κ1) is 32.8. The van der Waals surface area contributed by atoms with Gasteiger partial charge in [-0.15, -0.1) is 0 Å². The van der Waals surface area contributed by atoms with Crippen molar-refractivity contribution in [3.05, 3.63) is 128 Å². The molecule has 0 unspecified atom stereocenters. The minimum absolute atomic E-state index is 0.0339. The van der Waals surface area contributed by atoms with Crippen LogP contribution in [-0.4, -0.2) is 44.3 Å². The molecular weight excluding hydrogens is 720 g/mol. The molecule has 11 heteroatoms. The van der Waals surface area contributed by atoms with Crippen LogP contribution in [0.2, 0.25) is 10.0 Å². The summed E-state index contributed by atoms with van der Waals surface area (Å²) in [6, 6.07) is 28.1. The van der Waals surface area contributed by atoms with Gasteiger partial charge in [0.05, 0.1) is 10.6 Å². The van der Waals surface area contributed by atoms with Crippen LogP contribution >= 0.6 is 45.8 Å². The van der Waals surface area contributed by atoms with Gasteiger partial charge in [0.2, 0.25) is 11.8 Å². The average Bonchev–Trinajstić information content (AvgIpc) is 3.00. The molecule has 43 heavy (non-hydrogen) atoms. The van der Waals surface area contributed by atoms with Crippen molar-refractivity contribution in [3.8, 4) is 0 Å². The average molecular weight is 750 g/mol. The Labute approximate surface area is 276 Å². The molecule has 0 fully saturated rings. The lowest BCUT2D eigenvalue weighted by Gasteiger charge is -2.34. The van der Waals surface area contributed by atoms with Gasteiger partial charge in [0.1, 0.15) is 12.6 Å². The van der Waals surface area contributed by atoms with Gasteiger partial charge in [-0.05, 0) is 83.6 Å². The number of halogens is 3. The molecule has 4 aromatic carbocycles. The summed E-state index contributed by atoms with van der Waals surface area (Å²) in [5.41, 5.74) is 1.59. The molecule has 0 aromatic heterocycles. The Hall–Kier alpha value is -3.12. The molecule has 0 saturated carbocycles. The quantitative estimate of drug-likeness (QED) is 0.166. The molecule has 1 N–H and O–H groups in total. The van der Waals surface area contributed by atoms with Crippen molar-refractivity contribution in [2.75, 3.05) is 17.4 Å². The number of nitrogens with zero attached hydrogens (tertiary/aromatic N) is 2. The van der Waals surface area contributed by atoms with Crippen LogP contribution < -0.4 is 9.62 Å². The van der Waals surface area contributed by atoms with Crippen molar-refractivity contribution < 1.29 is 18.0 Å². The second kappa shape index (κ2) is 15.1. The van der Waals surface area contributed by atoms with E-state index >= 15 is 0 Å². The first-order valence-corrected chi connectivity index (χ1v) is 16.8. The Balaban J connectivity index is 1.82. The van der Waals surface area contributed by atoms with E-state index in [1.165, 1.54) is 17.0 Å². The van der Waals surface area contributed by atoms with Crippen molar-refractivity contribution in [2.24, 2.45) is 0 Å². The van der Waals surface area contributed by atoms with Gasteiger partial charge >= 0.3 is 0 Å². The second-order valence-electron chi connectivity index (χ2n) is 9.62. The van der Waals surface area contributed by atoms with Crippen LogP contribution in [0.1, 0.15) is 18.1 Å². The number of hydrogen-bond donors (Lipinski definition) is 1. The highest BCUT2D eigenvalue weighted by Crippen LogP contribution is 2.29. The predicted octanol–water partition coefficient (Wildman–Crippen LogP) is 6.57. The normalized spacial score (nSPS) is 11.9. The molecule has 0 saturated heterocycles. The van der Waals surface area contributed by atoms with E-state index in [2.05, 4.69) is 27.9 Å². The van der Waals surface area contributed by atoms with Gasteiger partial charge in [0, 0.05) is 38.7 Å². The zero-order valence-electron chi connectivity index (χ0n) is 23.3. The van der Waals surface area contributed by atoms with Crippen molar-refractivity contribution >= 4 is 73.3 Å². The number of benzene rings is 4. The molecule has 0 radical (unpaired) electrons. The van der Waals surface area contributed by atoms with Crippen LogP contribution in [0.15, 0.2) is 108 Å². The lowest BCUT2D eigenvalue weighted by molar-refractivity contribution is -0.140. The number of nitrogens with one attached hydrogen (secondary N) is 1. The molecule has 0 bridgehead atoms. The van der Waals surface area contributed by atoms with E-state index in [4.69, 9.17) is 23.2 Å². The monoisotopic (exact) mass is 749 g/mol. The summed E-state index contributed by atoms with van der Waals surface area (Å²) in [4.78, 5) is 29.4. The minimum Gasteiger partial charge on any atom is -0.355 e. The molecule has 224 valence electrons. The lowest BCUT2D eigenvalue weighted by Crippen LogP contribution is -2.53. The van der Waals surface area contributed by atoms with Crippen LogP contribution in [0.4, 0.5) is 5.69 Å². The molecule has 7 nitrogen and oxygen atoms in total. The van der Waals surface area contributed by atoms with Gasteiger partial charge in [-0.2, -0.15) is 0 Å². The number of carbonyl (C=O) groups excluding carboxylic acids is 2. The number of hydrogen-bond acceptors (Lipinski definition) is 4. The van der Waals surface area contributed by atoms with Crippen LogP contribution in [0.5, 0.6) is 0 Å². The Bertz CT molecular complexity index is 1640. The molecule has 0 heterocycles. The molecule has 0 aliphatic heterocycles. The van der Waals surface area contributed by atoms with Crippen LogP contribution in [0.3, 0.4) is 0 Å². The highest BCUT2D eigenvalue weighted by molar-refractivity contribution is 14.1. The minimum atomic E-state index is -4.17. The Morgan fingerprint density at radius 2 is 1.42 bits per heavy atom. The van der Waals surface area contributed by atoms with Gasteiger partial charge in [-0.25, -0.2) is 8.42 Å². The highest BCUT2D eigenvalue weighted by Gasteiger charge is 2.35. The number of carbonyl (C=O) groups is 2. The number of sulfonamides is 1. The molecule has 0 aliphatic rings. The number of likely N-dealkylation sites (N-methyl/N-ethyl adjacent to an activating group) is 1. The summed E-state index contributed by atoms with van der Waals surface area (Å²) in [7, 11) is -4.17. The lowest BCUT2D eigenvalue weighted by atomic mass is 10.0. The standard InChI is InChI=1S/C32H30Cl2IN3O4S/c1-2-36-32(40)30(20-23-10-5-3-6-11-23)37(21-27-28(33)14-9-15-29(27)34)31(39)22-38(25-18-16-24(35)17-19-25)43(41,42)26-12-7-4-8-13-26/h3-19,30H,2,20-22H2,1H3,(H,36,40)/t30-/m1/s1. The fraction of sp³-hybridized carbons (Fsp3) is 0.188. The third kappa shape index (κ3) is 8.29. The van der Waals surface area contributed by atoms with Gasteiger partial charge in [-0.1, -0.05) is 77.8 Å². The largest absolute Gasteiger partial charge is 0.355 e. The van der Waals surface area contributed by atoms with Gasteiger partial charge in [0.15, 0.2) is 0 Å². The van der Waals surface area contributed by atoms with Crippen LogP contribution in [0.25, 0.3) is 0 Å². The molecule has 0 aliphatic carbocycles. The number of amides is 2. The predicted molar refractivity (Wildman–Crippen MR) is 180 cm³/mol. The van der Waals surface area contributed by atoms with E-state index in [-0.39, 0.29) is 23.8 Å². The summed E-state index contributed by atoms with van der Waals surface area (Å²) < 4.78 is 29.9. The molecular formula is C32H30Cl2IN3O4S. The molecule has 1 atom stereocenters. The van der Waals surface area contributed by atoms with E-state index in [1.54, 1.807) is 67.6 Å². The van der Waals surface area contributed by atoms with Crippen molar-refractivity contribution in [1.29, 1.82) is 0 Å². The van der Waals surface area contributed by atoms with Gasteiger partial charge in [-0.3, -0.25) is 13.9 Å². The molecule has 4 aromatic rings. The molecule has 2 amide bonds. The third-order valence-electron chi connectivity index (χ3n) is 6.74. The zero-order chi connectivity index (χ0) is 31.0. The summed E-state index contributed by atoms with van der Waals surface area (Å²) in [5, 5.41) is 3.48. The highest BCUT2D eigenvalue weighted by atomic mass is 127. The fourth-order valence-electron chi connectivity index (χ4n) is 4.56. The van der Waals surface area contributed by atoms with E-state index in [1.807, 2.05) is 30.3 Å². The SMILES string of the molecule is CCNC(=O)[C@@H](Cc1ccccc1)N(Cc1c(Cl)cccc1Cl)C(=O)CN(c1ccc(I)cc1)S(=O)(=O)c1ccccc1. The number of rotatable bonds is 12. The Kier molecular flexibility index (Phi) is 11.5. The van der Waals surface area contributed by atoms with E-state index < -0.39 is 28.5 Å². The number of anilines is 1. The zero-order valence-corrected chi connectivity index (χ0v) is 27.8.